The summed E-state index contributed by atoms with van der Waals surface area (Å²) in [5, 5.41) is 12.2. The third-order valence-corrected chi connectivity index (χ3v) is 4.34. The Labute approximate surface area is 155 Å². The molecule has 1 aromatic carbocycles. The molecule has 0 aliphatic rings. The zero-order valence-electron chi connectivity index (χ0n) is 13.8. The summed E-state index contributed by atoms with van der Waals surface area (Å²) < 4.78 is 1.82. The first-order valence-corrected chi connectivity index (χ1v) is 8.51. The highest BCUT2D eigenvalue weighted by Gasteiger charge is 2.17. The monoisotopic (exact) mass is 377 g/mol. The van der Waals surface area contributed by atoms with Gasteiger partial charge in [0.1, 0.15) is 5.69 Å². The van der Waals surface area contributed by atoms with E-state index in [1.807, 2.05) is 17.8 Å². The highest BCUT2D eigenvalue weighted by atomic mass is 35.5. The number of hydrogen-bond acceptors (Lipinski definition) is 3. The average Bonchev–Trinajstić information content (AvgIpc) is 3.23. The van der Waals surface area contributed by atoms with Crippen molar-refractivity contribution in [1.82, 2.24) is 24.9 Å². The summed E-state index contributed by atoms with van der Waals surface area (Å²) in [7, 11) is 1.74. The second-order valence-corrected chi connectivity index (χ2v) is 6.50. The maximum atomic E-state index is 12.6. The Hall–Kier alpha value is -2.31. The molecule has 1 amide bonds. The minimum Gasteiger partial charge on any atom is -0.336 e. The number of nitrogens with one attached hydrogen (secondary N) is 1. The molecule has 0 unspecified atom stereocenters. The zero-order chi connectivity index (χ0) is 18.0. The molecule has 0 aliphatic carbocycles. The first kappa shape index (κ1) is 17.5. The molecule has 0 fully saturated rings. The van der Waals surface area contributed by atoms with Crippen LogP contribution in [0.1, 0.15) is 23.0 Å². The van der Waals surface area contributed by atoms with Gasteiger partial charge in [-0.2, -0.15) is 10.2 Å². The summed E-state index contributed by atoms with van der Waals surface area (Å²) in [5.74, 6) is -0.159. The number of halogens is 2. The van der Waals surface area contributed by atoms with E-state index in [1.54, 1.807) is 42.4 Å². The smallest absolute Gasteiger partial charge is 0.271 e. The molecule has 0 aliphatic heterocycles. The lowest BCUT2D eigenvalue weighted by molar-refractivity contribution is 0.0779. The maximum absolute atomic E-state index is 12.6. The molecule has 2 aromatic heterocycles. The Morgan fingerprint density at radius 1 is 1.32 bits per heavy atom. The SMILES string of the molecule is CCn1cc(CN(C)C(=O)c2cc(-c3ccc(Cl)cc3Cl)n[nH]2)cn1. The Morgan fingerprint density at radius 2 is 2.12 bits per heavy atom. The van der Waals surface area contributed by atoms with Gasteiger partial charge in [0, 0.05) is 42.5 Å². The maximum Gasteiger partial charge on any atom is 0.271 e. The number of amides is 1. The van der Waals surface area contributed by atoms with Crippen LogP contribution in [-0.4, -0.2) is 37.8 Å². The first-order valence-electron chi connectivity index (χ1n) is 7.75. The molecular formula is C17H17Cl2N5O. The molecule has 6 nitrogen and oxygen atoms in total. The van der Waals surface area contributed by atoms with E-state index in [1.165, 1.54) is 0 Å². The van der Waals surface area contributed by atoms with Crippen molar-refractivity contribution in [2.45, 2.75) is 20.0 Å². The molecule has 3 aromatic rings. The molecule has 3 rings (SSSR count). The number of rotatable bonds is 5. The van der Waals surface area contributed by atoms with Crippen LogP contribution < -0.4 is 0 Å². The summed E-state index contributed by atoms with van der Waals surface area (Å²) in [6.45, 7) is 3.28. The highest BCUT2D eigenvalue weighted by molar-refractivity contribution is 6.36. The van der Waals surface area contributed by atoms with Crippen LogP contribution in [0.2, 0.25) is 10.0 Å². The second kappa shape index (κ2) is 7.29. The predicted octanol–water partition coefficient (Wildman–Crippen LogP) is 3.87. The number of aryl methyl sites for hydroxylation is 1. The van der Waals surface area contributed by atoms with Crippen molar-refractivity contribution in [1.29, 1.82) is 0 Å². The number of carbonyl (C=O) groups excluding carboxylic acids is 1. The number of H-pyrrole nitrogens is 1. The van der Waals surface area contributed by atoms with Gasteiger partial charge in [0.2, 0.25) is 0 Å². The van der Waals surface area contributed by atoms with E-state index in [0.29, 0.717) is 33.5 Å². The van der Waals surface area contributed by atoms with E-state index in [4.69, 9.17) is 23.2 Å². The molecule has 0 spiro atoms. The number of aromatic nitrogens is 4. The number of aromatic amines is 1. The van der Waals surface area contributed by atoms with Gasteiger partial charge >= 0.3 is 0 Å². The van der Waals surface area contributed by atoms with Gasteiger partial charge < -0.3 is 4.90 Å². The average molecular weight is 378 g/mol. The van der Waals surface area contributed by atoms with Crippen molar-refractivity contribution in [2.24, 2.45) is 0 Å². The predicted molar refractivity (Wildman–Crippen MR) is 97.7 cm³/mol. The van der Waals surface area contributed by atoms with Gasteiger partial charge in [-0.05, 0) is 31.2 Å². The Morgan fingerprint density at radius 3 is 2.80 bits per heavy atom. The van der Waals surface area contributed by atoms with E-state index in [9.17, 15) is 4.79 Å². The van der Waals surface area contributed by atoms with Crippen LogP contribution in [0.4, 0.5) is 0 Å². The lowest BCUT2D eigenvalue weighted by atomic mass is 10.1. The van der Waals surface area contributed by atoms with E-state index < -0.39 is 0 Å². The van der Waals surface area contributed by atoms with E-state index in [-0.39, 0.29) is 5.91 Å². The number of carbonyl (C=O) groups is 1. The molecule has 8 heteroatoms. The van der Waals surface area contributed by atoms with Crippen molar-refractivity contribution in [2.75, 3.05) is 7.05 Å². The molecular weight excluding hydrogens is 361 g/mol. The molecule has 0 atom stereocenters. The third-order valence-electron chi connectivity index (χ3n) is 3.79. The van der Waals surface area contributed by atoms with Gasteiger partial charge in [-0.1, -0.05) is 23.2 Å². The number of hydrogen-bond donors (Lipinski definition) is 1. The largest absolute Gasteiger partial charge is 0.336 e. The van der Waals surface area contributed by atoms with E-state index in [0.717, 1.165) is 12.1 Å². The third kappa shape index (κ3) is 3.86. The van der Waals surface area contributed by atoms with Crippen LogP contribution in [-0.2, 0) is 13.1 Å². The molecule has 2 heterocycles. The molecule has 0 saturated carbocycles. The fraction of sp³-hybridized carbons (Fsp3) is 0.235. The fourth-order valence-corrected chi connectivity index (χ4v) is 2.98. The lowest BCUT2D eigenvalue weighted by Gasteiger charge is -2.14. The minimum absolute atomic E-state index is 0.159. The van der Waals surface area contributed by atoms with Crippen LogP contribution >= 0.6 is 23.2 Å². The number of benzene rings is 1. The first-order chi connectivity index (χ1) is 12.0. The van der Waals surface area contributed by atoms with Gasteiger partial charge in [-0.3, -0.25) is 14.6 Å². The Balaban J connectivity index is 1.75. The van der Waals surface area contributed by atoms with Crippen molar-refractivity contribution >= 4 is 29.1 Å². The minimum atomic E-state index is -0.159. The second-order valence-electron chi connectivity index (χ2n) is 5.66. The van der Waals surface area contributed by atoms with Crippen LogP contribution in [0.5, 0.6) is 0 Å². The Kier molecular flexibility index (Phi) is 5.11. The quantitative estimate of drug-likeness (QED) is 0.733. The summed E-state index contributed by atoms with van der Waals surface area (Å²) in [6.07, 6.45) is 3.69. The van der Waals surface area contributed by atoms with Crippen molar-refractivity contribution < 1.29 is 4.79 Å². The topological polar surface area (TPSA) is 66.8 Å². The normalized spacial score (nSPS) is 10.9. The van der Waals surface area contributed by atoms with Crippen LogP contribution in [0, 0.1) is 0 Å². The van der Waals surface area contributed by atoms with E-state index in [2.05, 4.69) is 15.3 Å². The van der Waals surface area contributed by atoms with Crippen molar-refractivity contribution in [3.63, 3.8) is 0 Å². The Bertz CT molecular complexity index is 902. The highest BCUT2D eigenvalue weighted by Crippen LogP contribution is 2.29. The fourth-order valence-electron chi connectivity index (χ4n) is 2.48. The van der Waals surface area contributed by atoms with Gasteiger partial charge in [0.15, 0.2) is 0 Å². The summed E-state index contributed by atoms with van der Waals surface area (Å²) in [6, 6.07) is 6.84. The molecule has 0 saturated heterocycles. The standard InChI is InChI=1S/C17H17Cl2N5O/c1-3-24-10-11(8-20-24)9-23(2)17(25)16-7-15(21-22-16)13-5-4-12(18)6-14(13)19/h4-8,10H,3,9H2,1-2H3,(H,21,22). The van der Waals surface area contributed by atoms with Gasteiger partial charge in [0.05, 0.1) is 16.9 Å². The van der Waals surface area contributed by atoms with Crippen LogP contribution in [0.15, 0.2) is 36.7 Å². The van der Waals surface area contributed by atoms with Gasteiger partial charge in [0.25, 0.3) is 5.91 Å². The molecule has 130 valence electrons. The summed E-state index contributed by atoms with van der Waals surface area (Å²) >= 11 is 12.1. The van der Waals surface area contributed by atoms with Crippen LogP contribution in [0.25, 0.3) is 11.3 Å². The van der Waals surface area contributed by atoms with Crippen molar-refractivity contribution in [3.8, 4) is 11.3 Å². The molecule has 1 N–H and O–H groups in total. The summed E-state index contributed by atoms with van der Waals surface area (Å²) in [4.78, 5) is 14.2. The molecule has 0 bridgehead atoms. The van der Waals surface area contributed by atoms with Crippen LogP contribution in [0.3, 0.4) is 0 Å². The number of nitrogens with zero attached hydrogens (tertiary/aromatic N) is 4. The molecule has 25 heavy (non-hydrogen) atoms. The van der Waals surface area contributed by atoms with Crippen molar-refractivity contribution in [3.05, 3.63) is 58.0 Å². The van der Waals surface area contributed by atoms with Gasteiger partial charge in [-0.25, -0.2) is 0 Å². The lowest BCUT2D eigenvalue weighted by Crippen LogP contribution is -2.26. The molecule has 0 radical (unpaired) electrons. The van der Waals surface area contributed by atoms with E-state index >= 15 is 0 Å². The zero-order valence-corrected chi connectivity index (χ0v) is 15.3. The summed E-state index contributed by atoms with van der Waals surface area (Å²) in [5.41, 5.74) is 2.68. The van der Waals surface area contributed by atoms with Gasteiger partial charge in [-0.15, -0.1) is 0 Å².